The number of nitrogens with one attached hydrogen (secondary N) is 1. The molecule has 0 aromatic carbocycles. The van der Waals surface area contributed by atoms with E-state index in [9.17, 15) is 4.79 Å². The van der Waals surface area contributed by atoms with Gasteiger partial charge in [-0.25, -0.2) is 0 Å². The maximum Gasteiger partial charge on any atom is 0.222 e. The molecule has 0 aliphatic heterocycles. The second-order valence-electron chi connectivity index (χ2n) is 4.96. The van der Waals surface area contributed by atoms with Crippen LogP contribution in [-0.2, 0) is 11.3 Å². The van der Waals surface area contributed by atoms with E-state index in [1.807, 2.05) is 24.7 Å². The third kappa shape index (κ3) is 3.60. The molecule has 2 unspecified atom stereocenters. The van der Waals surface area contributed by atoms with Crippen LogP contribution >= 0.6 is 0 Å². The quantitative estimate of drug-likeness (QED) is 0.788. The summed E-state index contributed by atoms with van der Waals surface area (Å²) in [6.07, 6.45) is 4.09. The highest BCUT2D eigenvalue weighted by molar-refractivity contribution is 5.76. The van der Waals surface area contributed by atoms with E-state index in [2.05, 4.69) is 31.4 Å². The Morgan fingerprint density at radius 3 is 2.59 bits per heavy atom. The van der Waals surface area contributed by atoms with Gasteiger partial charge in [0.05, 0.1) is 5.92 Å². The summed E-state index contributed by atoms with van der Waals surface area (Å²) in [4.78, 5) is 11.0. The molecule has 1 heterocycles. The molecule has 1 amide bonds. The number of hydrogen-bond acceptors (Lipinski definition) is 2. The summed E-state index contributed by atoms with van der Waals surface area (Å²) in [5.74, 6) is 0.140. The van der Waals surface area contributed by atoms with E-state index in [0.717, 1.165) is 0 Å². The van der Waals surface area contributed by atoms with Crippen LogP contribution in [0.2, 0.25) is 0 Å². The summed E-state index contributed by atoms with van der Waals surface area (Å²) in [7, 11) is 1.97. The molecule has 1 rings (SSSR count). The van der Waals surface area contributed by atoms with Gasteiger partial charge >= 0.3 is 0 Å². The maximum absolute atomic E-state index is 11.0. The second kappa shape index (κ2) is 5.87. The lowest BCUT2D eigenvalue weighted by Gasteiger charge is -2.19. The Kier molecular flexibility index (Phi) is 4.75. The molecule has 17 heavy (non-hydrogen) atoms. The summed E-state index contributed by atoms with van der Waals surface area (Å²) in [6.45, 7) is 6.86. The lowest BCUT2D eigenvalue weighted by atomic mass is 9.99. The van der Waals surface area contributed by atoms with Crippen molar-refractivity contribution >= 4 is 5.91 Å². The molecular weight excluding hydrogens is 214 g/mol. The van der Waals surface area contributed by atoms with E-state index in [4.69, 9.17) is 5.73 Å². The molecule has 4 nitrogen and oxygen atoms in total. The van der Waals surface area contributed by atoms with Gasteiger partial charge in [-0.2, -0.15) is 0 Å². The Labute approximate surface area is 103 Å². The van der Waals surface area contributed by atoms with Gasteiger partial charge in [0.2, 0.25) is 5.91 Å². The largest absolute Gasteiger partial charge is 0.369 e. The lowest BCUT2D eigenvalue weighted by molar-refractivity contribution is -0.121. The molecule has 0 radical (unpaired) electrons. The second-order valence-corrected chi connectivity index (χ2v) is 4.96. The minimum atomic E-state index is -0.255. The number of hydrogen-bond donors (Lipinski definition) is 2. The molecule has 0 spiro atoms. The molecule has 1 aromatic heterocycles. The van der Waals surface area contributed by atoms with E-state index in [1.54, 1.807) is 0 Å². The zero-order valence-corrected chi connectivity index (χ0v) is 11.1. The number of aromatic nitrogens is 1. The number of amides is 1. The van der Waals surface area contributed by atoms with Crippen LogP contribution < -0.4 is 11.1 Å². The van der Waals surface area contributed by atoms with E-state index >= 15 is 0 Å². The van der Waals surface area contributed by atoms with Gasteiger partial charge < -0.3 is 15.6 Å². The molecule has 3 N–H and O–H groups in total. The van der Waals surface area contributed by atoms with E-state index < -0.39 is 0 Å². The van der Waals surface area contributed by atoms with Crippen molar-refractivity contribution in [2.45, 2.75) is 33.4 Å². The van der Waals surface area contributed by atoms with Crippen LogP contribution in [0, 0.1) is 11.8 Å². The van der Waals surface area contributed by atoms with Crippen LogP contribution in [-0.4, -0.2) is 17.5 Å². The summed E-state index contributed by atoms with van der Waals surface area (Å²) >= 11 is 0. The first-order valence-corrected chi connectivity index (χ1v) is 6.08. The zero-order valence-electron chi connectivity index (χ0n) is 11.1. The summed E-state index contributed by atoms with van der Waals surface area (Å²) in [6, 6.07) is 2.44. The highest BCUT2D eigenvalue weighted by Crippen LogP contribution is 2.21. The number of nitrogens with two attached hydrogens (primary N) is 1. The first kappa shape index (κ1) is 13.8. The molecule has 2 atom stereocenters. The van der Waals surface area contributed by atoms with Crippen molar-refractivity contribution in [3.8, 4) is 0 Å². The predicted octanol–water partition coefficient (Wildman–Crippen LogP) is 1.53. The average Bonchev–Trinajstić information content (AvgIpc) is 2.66. The number of nitrogens with zero attached hydrogens (tertiary/aromatic N) is 1. The first-order valence-electron chi connectivity index (χ1n) is 6.08. The normalized spacial score (nSPS) is 14.9. The number of primary amides is 1. The van der Waals surface area contributed by atoms with Gasteiger partial charge in [0.25, 0.3) is 0 Å². The van der Waals surface area contributed by atoms with Crippen LogP contribution in [0.25, 0.3) is 0 Å². The topological polar surface area (TPSA) is 60.1 Å². The van der Waals surface area contributed by atoms with Crippen molar-refractivity contribution in [2.75, 3.05) is 7.05 Å². The molecule has 0 bridgehead atoms. The SMILES string of the molecule is CNC(c1ccn(CC(C)C(N)=O)c1)C(C)C. The van der Waals surface area contributed by atoms with E-state index in [1.165, 1.54) is 5.56 Å². The zero-order chi connectivity index (χ0) is 13.0. The fourth-order valence-corrected chi connectivity index (χ4v) is 2.05. The van der Waals surface area contributed by atoms with Gasteiger partial charge in [0, 0.05) is 25.0 Å². The minimum Gasteiger partial charge on any atom is -0.369 e. The summed E-state index contributed by atoms with van der Waals surface area (Å²) < 4.78 is 2.03. The van der Waals surface area contributed by atoms with Crippen molar-refractivity contribution in [3.63, 3.8) is 0 Å². The van der Waals surface area contributed by atoms with Crippen LogP contribution in [0.5, 0.6) is 0 Å². The molecule has 0 fully saturated rings. The van der Waals surface area contributed by atoms with Gasteiger partial charge in [-0.3, -0.25) is 4.79 Å². The molecule has 4 heteroatoms. The van der Waals surface area contributed by atoms with Crippen molar-refractivity contribution in [1.82, 2.24) is 9.88 Å². The van der Waals surface area contributed by atoms with Gasteiger partial charge in [0.15, 0.2) is 0 Å². The van der Waals surface area contributed by atoms with Gasteiger partial charge in [0.1, 0.15) is 0 Å². The van der Waals surface area contributed by atoms with Crippen molar-refractivity contribution < 1.29 is 4.79 Å². The molecule has 1 aromatic rings. The van der Waals surface area contributed by atoms with Crippen molar-refractivity contribution in [2.24, 2.45) is 17.6 Å². The predicted molar refractivity (Wildman–Crippen MR) is 69.4 cm³/mol. The number of rotatable bonds is 6. The number of carbonyl (C=O) groups is 1. The third-order valence-corrected chi connectivity index (χ3v) is 3.08. The Balaban J connectivity index is 2.74. The summed E-state index contributed by atoms with van der Waals surface area (Å²) in [5.41, 5.74) is 6.51. The fourth-order valence-electron chi connectivity index (χ4n) is 2.05. The highest BCUT2D eigenvalue weighted by Gasteiger charge is 2.15. The van der Waals surface area contributed by atoms with E-state index in [-0.39, 0.29) is 11.8 Å². The maximum atomic E-state index is 11.0. The van der Waals surface area contributed by atoms with Crippen molar-refractivity contribution in [3.05, 3.63) is 24.0 Å². The number of carbonyl (C=O) groups excluding carboxylic acids is 1. The smallest absolute Gasteiger partial charge is 0.222 e. The monoisotopic (exact) mass is 237 g/mol. The van der Waals surface area contributed by atoms with Crippen LogP contribution in [0.1, 0.15) is 32.4 Å². The van der Waals surface area contributed by atoms with Crippen LogP contribution in [0.3, 0.4) is 0 Å². The first-order chi connectivity index (χ1) is 7.95. The van der Waals surface area contributed by atoms with Crippen LogP contribution in [0.4, 0.5) is 0 Å². The molecule has 96 valence electrons. The third-order valence-electron chi connectivity index (χ3n) is 3.08. The average molecular weight is 237 g/mol. The lowest BCUT2D eigenvalue weighted by Crippen LogP contribution is -2.24. The van der Waals surface area contributed by atoms with Gasteiger partial charge in [-0.1, -0.05) is 20.8 Å². The van der Waals surface area contributed by atoms with Crippen LogP contribution in [0.15, 0.2) is 18.5 Å². The minimum absolute atomic E-state index is 0.137. The Bertz CT molecular complexity index is 370. The standard InChI is InChI=1S/C13H23N3O/c1-9(2)12(15-4)11-5-6-16(8-11)7-10(3)13(14)17/h5-6,8-10,12,15H,7H2,1-4H3,(H2,14,17). The Morgan fingerprint density at radius 2 is 2.12 bits per heavy atom. The Hall–Kier alpha value is -1.29. The highest BCUT2D eigenvalue weighted by atomic mass is 16.1. The van der Waals surface area contributed by atoms with Crippen molar-refractivity contribution in [1.29, 1.82) is 0 Å². The molecule has 0 saturated carbocycles. The molecule has 0 aliphatic carbocycles. The molecule has 0 saturated heterocycles. The molecule has 0 aliphatic rings. The fraction of sp³-hybridized carbons (Fsp3) is 0.615. The van der Waals surface area contributed by atoms with Gasteiger partial charge in [-0.15, -0.1) is 0 Å². The van der Waals surface area contributed by atoms with Gasteiger partial charge in [-0.05, 0) is 24.6 Å². The molecular formula is C13H23N3O. The van der Waals surface area contributed by atoms with E-state index in [0.29, 0.717) is 18.5 Å². The summed E-state index contributed by atoms with van der Waals surface area (Å²) in [5, 5.41) is 3.30. The Morgan fingerprint density at radius 1 is 1.47 bits per heavy atom.